The van der Waals surface area contributed by atoms with Crippen LogP contribution in [0.4, 0.5) is 5.69 Å². The number of anilines is 1. The SMILES string of the molecule is Cc1nn(-c2ccccc2)c(C)c1/C=N/Nc1ccc(C(=O)O)cc1. The van der Waals surface area contributed by atoms with Crippen molar-refractivity contribution in [3.05, 3.63) is 77.1 Å². The highest BCUT2D eigenvalue weighted by Crippen LogP contribution is 2.16. The number of aromatic carboxylic acids is 1. The number of hydrogen-bond acceptors (Lipinski definition) is 4. The number of carboxylic acid groups (broad SMARTS) is 1. The van der Waals surface area contributed by atoms with Crippen molar-refractivity contribution >= 4 is 17.9 Å². The van der Waals surface area contributed by atoms with E-state index in [0.717, 1.165) is 22.6 Å². The van der Waals surface area contributed by atoms with Crippen molar-refractivity contribution in [2.75, 3.05) is 5.43 Å². The van der Waals surface area contributed by atoms with Gasteiger partial charge in [0.05, 0.1) is 34.5 Å². The molecule has 3 aromatic rings. The zero-order valence-electron chi connectivity index (χ0n) is 14.0. The van der Waals surface area contributed by atoms with Crippen molar-refractivity contribution < 1.29 is 9.90 Å². The van der Waals surface area contributed by atoms with E-state index in [1.807, 2.05) is 48.9 Å². The maximum atomic E-state index is 10.8. The Kier molecular flexibility index (Phi) is 4.61. The summed E-state index contributed by atoms with van der Waals surface area (Å²) in [5.41, 5.74) is 7.68. The number of carbonyl (C=O) groups is 1. The van der Waals surface area contributed by atoms with Gasteiger partial charge in [-0.25, -0.2) is 9.48 Å². The molecular formula is C19H18N4O2. The van der Waals surface area contributed by atoms with E-state index in [4.69, 9.17) is 5.11 Å². The van der Waals surface area contributed by atoms with Crippen LogP contribution >= 0.6 is 0 Å². The Hall–Kier alpha value is -3.41. The molecule has 6 heteroatoms. The van der Waals surface area contributed by atoms with E-state index in [2.05, 4.69) is 15.6 Å². The number of hydrazone groups is 1. The summed E-state index contributed by atoms with van der Waals surface area (Å²) in [4.78, 5) is 10.8. The first kappa shape index (κ1) is 16.4. The summed E-state index contributed by atoms with van der Waals surface area (Å²) in [7, 11) is 0. The van der Waals surface area contributed by atoms with Gasteiger partial charge in [0.15, 0.2) is 0 Å². The van der Waals surface area contributed by atoms with Gasteiger partial charge >= 0.3 is 5.97 Å². The van der Waals surface area contributed by atoms with Gasteiger partial charge in [0.25, 0.3) is 0 Å². The topological polar surface area (TPSA) is 79.5 Å². The molecule has 0 unspecified atom stereocenters. The van der Waals surface area contributed by atoms with E-state index in [0.29, 0.717) is 5.69 Å². The molecule has 6 nitrogen and oxygen atoms in total. The van der Waals surface area contributed by atoms with Crippen LogP contribution < -0.4 is 5.43 Å². The van der Waals surface area contributed by atoms with Gasteiger partial charge in [-0.05, 0) is 50.2 Å². The fraction of sp³-hybridized carbons (Fsp3) is 0.105. The predicted octanol–water partition coefficient (Wildman–Crippen LogP) is 3.63. The van der Waals surface area contributed by atoms with Gasteiger partial charge in [0.2, 0.25) is 0 Å². The molecule has 0 aliphatic heterocycles. The first-order valence-corrected chi connectivity index (χ1v) is 7.80. The van der Waals surface area contributed by atoms with Crippen LogP contribution in [0.1, 0.15) is 27.3 Å². The molecule has 3 rings (SSSR count). The molecule has 0 saturated heterocycles. The number of rotatable bonds is 5. The van der Waals surface area contributed by atoms with Crippen molar-refractivity contribution in [1.82, 2.24) is 9.78 Å². The smallest absolute Gasteiger partial charge is 0.335 e. The molecule has 2 N–H and O–H groups in total. The van der Waals surface area contributed by atoms with E-state index < -0.39 is 5.97 Å². The zero-order valence-corrected chi connectivity index (χ0v) is 14.0. The number of para-hydroxylation sites is 1. The van der Waals surface area contributed by atoms with Gasteiger partial charge in [0.1, 0.15) is 0 Å². The van der Waals surface area contributed by atoms with Crippen molar-refractivity contribution in [1.29, 1.82) is 0 Å². The first-order chi connectivity index (χ1) is 12.1. The van der Waals surface area contributed by atoms with E-state index in [-0.39, 0.29) is 5.56 Å². The van der Waals surface area contributed by atoms with Gasteiger partial charge in [-0.2, -0.15) is 10.2 Å². The summed E-state index contributed by atoms with van der Waals surface area (Å²) in [6, 6.07) is 16.3. The molecule has 25 heavy (non-hydrogen) atoms. The van der Waals surface area contributed by atoms with Gasteiger partial charge in [-0.3, -0.25) is 5.43 Å². The maximum Gasteiger partial charge on any atom is 0.335 e. The standard InChI is InChI=1S/C19H18N4O2/c1-13-18(14(2)23(22-13)17-6-4-3-5-7-17)12-20-21-16-10-8-15(9-11-16)19(24)25/h3-12,21H,1-2H3,(H,24,25)/b20-12+. The van der Waals surface area contributed by atoms with Gasteiger partial charge in [-0.1, -0.05) is 18.2 Å². The number of benzene rings is 2. The molecule has 0 spiro atoms. The van der Waals surface area contributed by atoms with Gasteiger partial charge in [-0.15, -0.1) is 0 Å². The second-order valence-corrected chi connectivity index (χ2v) is 5.58. The Morgan fingerprint density at radius 2 is 1.80 bits per heavy atom. The Labute approximate surface area is 145 Å². The second-order valence-electron chi connectivity index (χ2n) is 5.58. The lowest BCUT2D eigenvalue weighted by molar-refractivity contribution is 0.0697. The summed E-state index contributed by atoms with van der Waals surface area (Å²) >= 11 is 0. The van der Waals surface area contributed by atoms with Crippen molar-refractivity contribution in [2.45, 2.75) is 13.8 Å². The van der Waals surface area contributed by atoms with Crippen LogP contribution in [0.25, 0.3) is 5.69 Å². The molecule has 0 atom stereocenters. The number of aryl methyl sites for hydroxylation is 1. The minimum atomic E-state index is -0.949. The molecule has 0 bridgehead atoms. The Bertz CT molecular complexity index is 913. The van der Waals surface area contributed by atoms with Crippen LogP contribution in [-0.2, 0) is 0 Å². The lowest BCUT2D eigenvalue weighted by atomic mass is 10.2. The van der Waals surface area contributed by atoms with Crippen LogP contribution in [-0.4, -0.2) is 27.1 Å². The Balaban J connectivity index is 1.78. The van der Waals surface area contributed by atoms with Crippen molar-refractivity contribution in [2.24, 2.45) is 5.10 Å². The summed E-state index contributed by atoms with van der Waals surface area (Å²) < 4.78 is 1.89. The van der Waals surface area contributed by atoms with Gasteiger partial charge < -0.3 is 5.11 Å². The Morgan fingerprint density at radius 3 is 2.44 bits per heavy atom. The summed E-state index contributed by atoms with van der Waals surface area (Å²) in [6.45, 7) is 3.94. The minimum Gasteiger partial charge on any atom is -0.478 e. The molecule has 0 fully saturated rings. The van der Waals surface area contributed by atoms with Crippen LogP contribution in [0.2, 0.25) is 0 Å². The van der Waals surface area contributed by atoms with E-state index >= 15 is 0 Å². The van der Waals surface area contributed by atoms with Crippen LogP contribution in [0.3, 0.4) is 0 Å². The average Bonchev–Trinajstić information content (AvgIpc) is 2.91. The average molecular weight is 334 g/mol. The van der Waals surface area contributed by atoms with E-state index in [9.17, 15) is 4.79 Å². The van der Waals surface area contributed by atoms with Crippen LogP contribution in [0.5, 0.6) is 0 Å². The third kappa shape index (κ3) is 3.58. The summed E-state index contributed by atoms with van der Waals surface area (Å²) in [5.74, 6) is -0.949. The molecule has 0 aliphatic rings. The van der Waals surface area contributed by atoms with E-state index in [1.165, 1.54) is 12.1 Å². The number of aromatic nitrogens is 2. The fourth-order valence-corrected chi connectivity index (χ4v) is 2.52. The third-order valence-corrected chi connectivity index (χ3v) is 3.87. The number of nitrogens with zero attached hydrogens (tertiary/aromatic N) is 3. The highest BCUT2D eigenvalue weighted by Gasteiger charge is 2.10. The quantitative estimate of drug-likeness (QED) is 0.551. The monoisotopic (exact) mass is 334 g/mol. The maximum absolute atomic E-state index is 10.8. The molecule has 2 aromatic carbocycles. The predicted molar refractivity (Wildman–Crippen MR) is 97.7 cm³/mol. The number of nitrogens with one attached hydrogen (secondary N) is 1. The molecular weight excluding hydrogens is 316 g/mol. The number of hydrogen-bond donors (Lipinski definition) is 2. The summed E-state index contributed by atoms with van der Waals surface area (Å²) in [6.07, 6.45) is 1.72. The molecule has 0 saturated carbocycles. The van der Waals surface area contributed by atoms with Crippen LogP contribution in [0.15, 0.2) is 59.7 Å². The number of carboxylic acids is 1. The zero-order chi connectivity index (χ0) is 17.8. The minimum absolute atomic E-state index is 0.241. The van der Waals surface area contributed by atoms with E-state index in [1.54, 1.807) is 18.3 Å². The van der Waals surface area contributed by atoms with Crippen molar-refractivity contribution in [3.63, 3.8) is 0 Å². The highest BCUT2D eigenvalue weighted by molar-refractivity contribution is 5.88. The molecule has 126 valence electrons. The normalized spacial score (nSPS) is 11.0. The Morgan fingerprint density at radius 1 is 1.12 bits per heavy atom. The molecule has 0 amide bonds. The second kappa shape index (κ2) is 7.00. The lowest BCUT2D eigenvalue weighted by Crippen LogP contribution is -1.99. The molecule has 0 radical (unpaired) electrons. The van der Waals surface area contributed by atoms with Crippen LogP contribution in [0, 0.1) is 13.8 Å². The summed E-state index contributed by atoms with van der Waals surface area (Å²) in [5, 5.41) is 17.7. The molecule has 1 heterocycles. The largest absolute Gasteiger partial charge is 0.478 e. The fourth-order valence-electron chi connectivity index (χ4n) is 2.52. The van der Waals surface area contributed by atoms with Gasteiger partial charge in [0, 0.05) is 5.56 Å². The van der Waals surface area contributed by atoms with Crippen molar-refractivity contribution in [3.8, 4) is 5.69 Å². The third-order valence-electron chi connectivity index (χ3n) is 3.87. The lowest BCUT2D eigenvalue weighted by Gasteiger charge is -2.03. The first-order valence-electron chi connectivity index (χ1n) is 7.80. The highest BCUT2D eigenvalue weighted by atomic mass is 16.4. The molecule has 1 aromatic heterocycles. The molecule has 0 aliphatic carbocycles.